The second-order valence-corrected chi connectivity index (χ2v) is 3.69. The second-order valence-electron chi connectivity index (χ2n) is 3.69. The standard InChI is InChI=1S/C13H14O2/c1-3-15-13(14)11-7-9(2)12-6-4-5-10(12)8-11/h4,6-8H,3,5H2,1-2H3. The van der Waals surface area contributed by atoms with Crippen molar-refractivity contribution in [2.24, 2.45) is 0 Å². The molecular weight excluding hydrogens is 188 g/mol. The molecule has 1 aromatic rings. The maximum atomic E-state index is 11.6. The number of hydrogen-bond donors (Lipinski definition) is 0. The lowest BCUT2D eigenvalue weighted by atomic mass is 10.0. The Balaban J connectivity index is 2.37. The third-order valence-corrected chi connectivity index (χ3v) is 2.61. The molecule has 0 amide bonds. The zero-order chi connectivity index (χ0) is 10.8. The van der Waals surface area contributed by atoms with E-state index in [2.05, 4.69) is 12.2 Å². The van der Waals surface area contributed by atoms with E-state index in [1.807, 2.05) is 26.0 Å². The summed E-state index contributed by atoms with van der Waals surface area (Å²) in [7, 11) is 0. The molecule has 78 valence electrons. The van der Waals surface area contributed by atoms with Crippen LogP contribution >= 0.6 is 0 Å². The lowest BCUT2D eigenvalue weighted by molar-refractivity contribution is 0.0526. The largest absolute Gasteiger partial charge is 0.462 e. The molecule has 2 heteroatoms. The van der Waals surface area contributed by atoms with Crippen molar-refractivity contribution < 1.29 is 9.53 Å². The van der Waals surface area contributed by atoms with Gasteiger partial charge in [0.05, 0.1) is 12.2 Å². The molecule has 0 saturated heterocycles. The molecule has 0 unspecified atom stereocenters. The molecule has 0 atom stereocenters. The first kappa shape index (κ1) is 9.97. The van der Waals surface area contributed by atoms with E-state index in [0.717, 1.165) is 12.0 Å². The van der Waals surface area contributed by atoms with E-state index in [4.69, 9.17) is 4.74 Å². The van der Waals surface area contributed by atoms with Crippen LogP contribution in [0.2, 0.25) is 0 Å². The van der Waals surface area contributed by atoms with Crippen molar-refractivity contribution in [1.29, 1.82) is 0 Å². The minimum atomic E-state index is -0.227. The van der Waals surface area contributed by atoms with Gasteiger partial charge in [-0.3, -0.25) is 0 Å². The molecule has 0 spiro atoms. The fraction of sp³-hybridized carbons (Fsp3) is 0.308. The van der Waals surface area contributed by atoms with E-state index in [1.165, 1.54) is 11.1 Å². The smallest absolute Gasteiger partial charge is 0.338 e. The highest BCUT2D eigenvalue weighted by molar-refractivity contribution is 5.90. The molecule has 1 aliphatic carbocycles. The Morgan fingerprint density at radius 1 is 1.47 bits per heavy atom. The SMILES string of the molecule is CCOC(=O)c1cc(C)c2c(c1)CC=C2. The fourth-order valence-electron chi connectivity index (χ4n) is 1.91. The molecule has 0 fully saturated rings. The zero-order valence-corrected chi connectivity index (χ0v) is 9.04. The van der Waals surface area contributed by atoms with Crippen LogP contribution in [0.1, 0.15) is 34.0 Å². The molecule has 0 N–H and O–H groups in total. The molecule has 0 aromatic heterocycles. The molecule has 0 saturated carbocycles. The van der Waals surface area contributed by atoms with Gasteiger partial charge in [-0.15, -0.1) is 0 Å². The van der Waals surface area contributed by atoms with Gasteiger partial charge in [0, 0.05) is 0 Å². The number of ether oxygens (including phenoxy) is 1. The van der Waals surface area contributed by atoms with E-state index in [0.29, 0.717) is 12.2 Å². The van der Waals surface area contributed by atoms with Gasteiger partial charge in [-0.25, -0.2) is 4.79 Å². The Morgan fingerprint density at radius 3 is 3.00 bits per heavy atom. The van der Waals surface area contributed by atoms with Crippen LogP contribution in [-0.2, 0) is 11.2 Å². The van der Waals surface area contributed by atoms with Crippen LogP contribution in [0.3, 0.4) is 0 Å². The van der Waals surface area contributed by atoms with Crippen LogP contribution in [0.25, 0.3) is 6.08 Å². The van der Waals surface area contributed by atoms with Crippen molar-refractivity contribution in [2.75, 3.05) is 6.61 Å². The van der Waals surface area contributed by atoms with Gasteiger partial charge in [0.15, 0.2) is 0 Å². The van der Waals surface area contributed by atoms with Crippen LogP contribution in [-0.4, -0.2) is 12.6 Å². The number of fused-ring (bicyclic) bond motifs is 1. The van der Waals surface area contributed by atoms with Gasteiger partial charge >= 0.3 is 5.97 Å². The molecule has 1 aliphatic rings. The first-order chi connectivity index (χ1) is 7.22. The van der Waals surface area contributed by atoms with E-state index in [9.17, 15) is 4.79 Å². The Morgan fingerprint density at radius 2 is 2.27 bits per heavy atom. The van der Waals surface area contributed by atoms with Gasteiger partial charge in [0.1, 0.15) is 0 Å². The highest BCUT2D eigenvalue weighted by atomic mass is 16.5. The zero-order valence-electron chi connectivity index (χ0n) is 9.04. The van der Waals surface area contributed by atoms with Crippen LogP contribution < -0.4 is 0 Å². The molecule has 0 heterocycles. The maximum absolute atomic E-state index is 11.6. The summed E-state index contributed by atoms with van der Waals surface area (Å²) in [5.74, 6) is -0.227. The third-order valence-electron chi connectivity index (χ3n) is 2.61. The summed E-state index contributed by atoms with van der Waals surface area (Å²) in [6, 6.07) is 3.83. The lowest BCUT2D eigenvalue weighted by Gasteiger charge is -2.07. The fourth-order valence-corrected chi connectivity index (χ4v) is 1.91. The highest BCUT2D eigenvalue weighted by Crippen LogP contribution is 2.24. The number of aryl methyl sites for hydroxylation is 1. The van der Waals surface area contributed by atoms with Gasteiger partial charge in [-0.05, 0) is 49.1 Å². The van der Waals surface area contributed by atoms with Gasteiger partial charge in [0.2, 0.25) is 0 Å². The molecular formula is C13H14O2. The average molecular weight is 202 g/mol. The molecule has 0 aliphatic heterocycles. The summed E-state index contributed by atoms with van der Waals surface area (Å²) in [4.78, 5) is 11.6. The van der Waals surface area contributed by atoms with Gasteiger partial charge in [-0.2, -0.15) is 0 Å². The minimum absolute atomic E-state index is 0.227. The molecule has 2 rings (SSSR count). The molecule has 0 radical (unpaired) electrons. The van der Waals surface area contributed by atoms with Crippen LogP contribution in [0.4, 0.5) is 0 Å². The number of rotatable bonds is 2. The Labute approximate surface area is 89.6 Å². The van der Waals surface area contributed by atoms with Gasteiger partial charge in [-0.1, -0.05) is 12.2 Å². The van der Waals surface area contributed by atoms with Crippen molar-refractivity contribution in [3.8, 4) is 0 Å². The topological polar surface area (TPSA) is 26.3 Å². The highest BCUT2D eigenvalue weighted by Gasteiger charge is 2.13. The first-order valence-corrected chi connectivity index (χ1v) is 5.19. The van der Waals surface area contributed by atoms with Crippen LogP contribution in [0.15, 0.2) is 18.2 Å². The van der Waals surface area contributed by atoms with Crippen molar-refractivity contribution in [1.82, 2.24) is 0 Å². The predicted molar refractivity (Wildman–Crippen MR) is 59.9 cm³/mol. The Hall–Kier alpha value is -1.57. The third kappa shape index (κ3) is 1.80. The van der Waals surface area contributed by atoms with Crippen LogP contribution in [0.5, 0.6) is 0 Å². The van der Waals surface area contributed by atoms with Crippen molar-refractivity contribution in [3.05, 3.63) is 40.5 Å². The predicted octanol–water partition coefficient (Wildman–Crippen LogP) is 2.74. The quantitative estimate of drug-likeness (QED) is 0.689. The maximum Gasteiger partial charge on any atom is 0.338 e. The number of benzene rings is 1. The Kier molecular flexibility index (Phi) is 2.58. The number of esters is 1. The minimum Gasteiger partial charge on any atom is -0.462 e. The van der Waals surface area contributed by atoms with Gasteiger partial charge < -0.3 is 4.74 Å². The van der Waals surface area contributed by atoms with E-state index < -0.39 is 0 Å². The summed E-state index contributed by atoms with van der Waals surface area (Å²) in [6.07, 6.45) is 5.15. The first-order valence-electron chi connectivity index (χ1n) is 5.19. The van der Waals surface area contributed by atoms with E-state index >= 15 is 0 Å². The van der Waals surface area contributed by atoms with E-state index in [-0.39, 0.29) is 5.97 Å². The normalized spacial score (nSPS) is 12.7. The van der Waals surface area contributed by atoms with E-state index in [1.54, 1.807) is 0 Å². The van der Waals surface area contributed by atoms with Crippen LogP contribution in [0, 0.1) is 6.92 Å². The second kappa shape index (κ2) is 3.89. The monoisotopic (exact) mass is 202 g/mol. The van der Waals surface area contributed by atoms with Crippen molar-refractivity contribution in [2.45, 2.75) is 20.3 Å². The summed E-state index contributed by atoms with van der Waals surface area (Å²) in [5, 5.41) is 0. The summed E-state index contributed by atoms with van der Waals surface area (Å²) in [5.41, 5.74) is 4.28. The molecule has 0 bridgehead atoms. The summed E-state index contributed by atoms with van der Waals surface area (Å²) >= 11 is 0. The lowest BCUT2D eigenvalue weighted by Crippen LogP contribution is -2.06. The summed E-state index contributed by atoms with van der Waals surface area (Å²) in [6.45, 7) is 4.27. The Bertz CT molecular complexity index is 430. The van der Waals surface area contributed by atoms with Crippen molar-refractivity contribution >= 4 is 12.0 Å². The number of carbonyl (C=O) groups excluding carboxylic acids is 1. The average Bonchev–Trinajstić information content (AvgIpc) is 2.66. The van der Waals surface area contributed by atoms with Gasteiger partial charge in [0.25, 0.3) is 0 Å². The molecule has 2 nitrogen and oxygen atoms in total. The number of hydrogen-bond acceptors (Lipinski definition) is 2. The summed E-state index contributed by atoms with van der Waals surface area (Å²) < 4.78 is 4.98. The molecule has 15 heavy (non-hydrogen) atoms. The van der Waals surface area contributed by atoms with Crippen molar-refractivity contribution in [3.63, 3.8) is 0 Å². The number of allylic oxidation sites excluding steroid dienone is 1. The molecule has 1 aromatic carbocycles. The number of carbonyl (C=O) groups is 1.